The fourth-order valence-corrected chi connectivity index (χ4v) is 3.54. The van der Waals surface area contributed by atoms with Crippen LogP contribution in [0.25, 0.3) is 0 Å². The monoisotopic (exact) mass is 370 g/mol. The summed E-state index contributed by atoms with van der Waals surface area (Å²) >= 11 is 0. The molecular weight excluding hydrogens is 343 g/mol. The van der Waals surface area contributed by atoms with Crippen molar-refractivity contribution < 1.29 is 13.9 Å². The van der Waals surface area contributed by atoms with Crippen LogP contribution in [0.2, 0.25) is 0 Å². The molecule has 144 valence electrons. The summed E-state index contributed by atoms with van der Waals surface area (Å²) in [6, 6.07) is 16.3. The number of amides is 1. The summed E-state index contributed by atoms with van der Waals surface area (Å²) in [5.74, 6) is 0.614. The molecule has 1 aliphatic rings. The molecule has 1 heterocycles. The second-order valence-electron chi connectivity index (χ2n) is 6.83. The van der Waals surface area contributed by atoms with Gasteiger partial charge in [0.25, 0.3) is 0 Å². The fourth-order valence-electron chi connectivity index (χ4n) is 3.54. The molecule has 1 saturated heterocycles. The Bertz CT molecular complexity index is 713. The van der Waals surface area contributed by atoms with Crippen molar-refractivity contribution >= 4 is 11.6 Å². The molecule has 0 aromatic heterocycles. The summed E-state index contributed by atoms with van der Waals surface area (Å²) in [4.78, 5) is 16.9. The third-order valence-electron chi connectivity index (χ3n) is 5.02. The molecule has 0 spiro atoms. The standard InChI is InChI=1S/C22H27FN2O2/c1-2-22(26)25(19-6-4-3-5-7-19)20-12-14-24(15-13-20)16-17-27-21-10-8-18(23)9-11-21/h3-11,20H,2,12-17H2,1H3. The van der Waals surface area contributed by atoms with Crippen molar-refractivity contribution in [3.05, 3.63) is 60.4 Å². The summed E-state index contributed by atoms with van der Waals surface area (Å²) in [5.41, 5.74) is 0.988. The Balaban J connectivity index is 1.49. The average Bonchev–Trinajstić information content (AvgIpc) is 2.71. The summed E-state index contributed by atoms with van der Waals surface area (Å²) in [5, 5.41) is 0. The van der Waals surface area contributed by atoms with Crippen LogP contribution in [0.3, 0.4) is 0 Å². The Morgan fingerprint density at radius 2 is 1.78 bits per heavy atom. The van der Waals surface area contributed by atoms with Gasteiger partial charge >= 0.3 is 0 Å². The summed E-state index contributed by atoms with van der Waals surface area (Å²) in [7, 11) is 0. The molecule has 0 N–H and O–H groups in total. The highest BCUT2D eigenvalue weighted by atomic mass is 19.1. The lowest BCUT2D eigenvalue weighted by molar-refractivity contribution is -0.119. The van der Waals surface area contributed by atoms with E-state index in [2.05, 4.69) is 4.90 Å². The van der Waals surface area contributed by atoms with Crippen molar-refractivity contribution in [1.29, 1.82) is 0 Å². The van der Waals surface area contributed by atoms with Gasteiger partial charge in [0.2, 0.25) is 5.91 Å². The molecule has 0 bridgehead atoms. The maximum atomic E-state index is 12.9. The Hall–Kier alpha value is -2.40. The van der Waals surface area contributed by atoms with Crippen LogP contribution < -0.4 is 9.64 Å². The van der Waals surface area contributed by atoms with Gasteiger partial charge in [-0.2, -0.15) is 0 Å². The van der Waals surface area contributed by atoms with Crippen LogP contribution in [0.15, 0.2) is 54.6 Å². The van der Waals surface area contributed by atoms with Crippen LogP contribution in [-0.2, 0) is 4.79 Å². The van der Waals surface area contributed by atoms with Gasteiger partial charge < -0.3 is 9.64 Å². The van der Waals surface area contributed by atoms with Crippen LogP contribution in [-0.4, -0.2) is 43.1 Å². The van der Waals surface area contributed by atoms with Gasteiger partial charge in [0, 0.05) is 37.8 Å². The largest absolute Gasteiger partial charge is 0.492 e. The number of carbonyl (C=O) groups is 1. The van der Waals surface area contributed by atoms with E-state index in [1.165, 1.54) is 12.1 Å². The van der Waals surface area contributed by atoms with Gasteiger partial charge in [-0.3, -0.25) is 9.69 Å². The molecular formula is C22H27FN2O2. The van der Waals surface area contributed by atoms with Gasteiger partial charge in [-0.15, -0.1) is 0 Å². The Kier molecular flexibility index (Phi) is 6.82. The number of para-hydroxylation sites is 1. The van der Waals surface area contributed by atoms with E-state index >= 15 is 0 Å². The predicted octanol–water partition coefficient (Wildman–Crippen LogP) is 4.11. The number of rotatable bonds is 7. The zero-order valence-electron chi connectivity index (χ0n) is 15.8. The molecule has 2 aromatic carbocycles. The third-order valence-corrected chi connectivity index (χ3v) is 5.02. The van der Waals surface area contributed by atoms with Crippen molar-refractivity contribution in [2.45, 2.75) is 32.2 Å². The zero-order chi connectivity index (χ0) is 19.1. The van der Waals surface area contributed by atoms with Crippen LogP contribution in [0.1, 0.15) is 26.2 Å². The molecule has 4 nitrogen and oxygen atoms in total. The first-order valence-corrected chi connectivity index (χ1v) is 9.65. The second kappa shape index (κ2) is 9.51. The highest BCUT2D eigenvalue weighted by Gasteiger charge is 2.28. The number of anilines is 1. The Morgan fingerprint density at radius 1 is 1.11 bits per heavy atom. The minimum atomic E-state index is -0.256. The number of hydrogen-bond donors (Lipinski definition) is 0. The van der Waals surface area contributed by atoms with Gasteiger partial charge in [-0.25, -0.2) is 4.39 Å². The first-order chi connectivity index (χ1) is 13.2. The van der Waals surface area contributed by atoms with E-state index in [0.29, 0.717) is 18.8 Å². The molecule has 0 atom stereocenters. The lowest BCUT2D eigenvalue weighted by atomic mass is 10.0. The smallest absolute Gasteiger partial charge is 0.226 e. The molecule has 1 aliphatic heterocycles. The molecule has 0 saturated carbocycles. The quantitative estimate of drug-likeness (QED) is 0.735. The molecule has 0 aliphatic carbocycles. The highest BCUT2D eigenvalue weighted by Crippen LogP contribution is 2.24. The third kappa shape index (κ3) is 5.30. The number of benzene rings is 2. The number of ether oxygens (including phenoxy) is 1. The molecule has 1 fully saturated rings. The number of piperidine rings is 1. The van der Waals surface area contributed by atoms with E-state index in [9.17, 15) is 9.18 Å². The van der Waals surface area contributed by atoms with Gasteiger partial charge in [0.1, 0.15) is 18.2 Å². The van der Waals surface area contributed by atoms with E-state index in [-0.39, 0.29) is 17.8 Å². The lowest BCUT2D eigenvalue weighted by Gasteiger charge is -2.38. The van der Waals surface area contributed by atoms with Crippen molar-refractivity contribution in [1.82, 2.24) is 4.90 Å². The molecule has 2 aromatic rings. The predicted molar refractivity (Wildman–Crippen MR) is 106 cm³/mol. The van der Waals surface area contributed by atoms with E-state index in [1.807, 2.05) is 42.2 Å². The first kappa shape index (κ1) is 19.4. The van der Waals surface area contributed by atoms with E-state index in [4.69, 9.17) is 4.74 Å². The number of hydrogen-bond acceptors (Lipinski definition) is 3. The summed E-state index contributed by atoms with van der Waals surface area (Å²) in [6.45, 7) is 5.21. The highest BCUT2D eigenvalue weighted by molar-refractivity contribution is 5.93. The Morgan fingerprint density at radius 3 is 2.41 bits per heavy atom. The van der Waals surface area contributed by atoms with Crippen LogP contribution in [0.5, 0.6) is 5.75 Å². The number of likely N-dealkylation sites (tertiary alicyclic amines) is 1. The van der Waals surface area contributed by atoms with Gasteiger partial charge in [0.15, 0.2) is 0 Å². The van der Waals surface area contributed by atoms with Crippen molar-refractivity contribution in [2.24, 2.45) is 0 Å². The minimum Gasteiger partial charge on any atom is -0.492 e. The van der Waals surface area contributed by atoms with E-state index in [0.717, 1.165) is 38.2 Å². The van der Waals surface area contributed by atoms with Crippen molar-refractivity contribution in [3.63, 3.8) is 0 Å². The van der Waals surface area contributed by atoms with Crippen LogP contribution in [0, 0.1) is 5.82 Å². The number of nitrogens with zero attached hydrogens (tertiary/aromatic N) is 2. The maximum absolute atomic E-state index is 12.9. The van der Waals surface area contributed by atoms with E-state index in [1.54, 1.807) is 12.1 Å². The molecule has 27 heavy (non-hydrogen) atoms. The molecule has 0 radical (unpaired) electrons. The topological polar surface area (TPSA) is 32.8 Å². The SMILES string of the molecule is CCC(=O)N(c1ccccc1)C1CCN(CCOc2ccc(F)cc2)CC1. The first-order valence-electron chi connectivity index (χ1n) is 9.65. The second-order valence-corrected chi connectivity index (χ2v) is 6.83. The Labute approximate surface area is 160 Å². The molecule has 0 unspecified atom stereocenters. The van der Waals surface area contributed by atoms with Gasteiger partial charge in [-0.1, -0.05) is 25.1 Å². The van der Waals surface area contributed by atoms with Crippen LogP contribution >= 0.6 is 0 Å². The van der Waals surface area contributed by atoms with Gasteiger partial charge in [-0.05, 0) is 49.2 Å². The van der Waals surface area contributed by atoms with Crippen molar-refractivity contribution in [3.8, 4) is 5.75 Å². The summed E-state index contributed by atoms with van der Waals surface area (Å²) in [6.07, 6.45) is 2.43. The van der Waals surface area contributed by atoms with E-state index < -0.39 is 0 Å². The van der Waals surface area contributed by atoms with Gasteiger partial charge in [0.05, 0.1) is 0 Å². The minimum absolute atomic E-state index is 0.180. The molecule has 1 amide bonds. The average molecular weight is 370 g/mol. The summed E-state index contributed by atoms with van der Waals surface area (Å²) < 4.78 is 18.6. The number of carbonyl (C=O) groups excluding carboxylic acids is 1. The molecule has 3 rings (SSSR count). The lowest BCUT2D eigenvalue weighted by Crippen LogP contribution is -2.48. The fraction of sp³-hybridized carbons (Fsp3) is 0.409. The number of halogens is 1. The maximum Gasteiger partial charge on any atom is 0.226 e. The molecule has 5 heteroatoms. The van der Waals surface area contributed by atoms with Crippen molar-refractivity contribution in [2.75, 3.05) is 31.1 Å². The van der Waals surface area contributed by atoms with Crippen LogP contribution in [0.4, 0.5) is 10.1 Å². The normalized spacial score (nSPS) is 15.5. The zero-order valence-corrected chi connectivity index (χ0v) is 15.8.